The molecule has 0 atom stereocenters. The van der Waals surface area contributed by atoms with Crippen molar-refractivity contribution in [3.05, 3.63) is 188 Å². The number of para-hydroxylation sites is 1. The molecule has 0 bridgehead atoms. The number of hydrogen-bond acceptors (Lipinski definition) is 4. The van der Waals surface area contributed by atoms with Crippen molar-refractivity contribution < 1.29 is 8.83 Å². The molecule has 0 radical (unpaired) electrons. The van der Waals surface area contributed by atoms with Gasteiger partial charge in [0.25, 0.3) is 0 Å². The van der Waals surface area contributed by atoms with E-state index in [1.165, 1.54) is 25.6 Å². The molecular formula is C52H31NO2S. The molecule has 3 aromatic heterocycles. The van der Waals surface area contributed by atoms with Crippen LogP contribution in [-0.4, -0.2) is 0 Å². The molecule has 3 heterocycles. The average Bonchev–Trinajstić information content (AvgIpc) is 3.95. The summed E-state index contributed by atoms with van der Waals surface area (Å²) in [5.41, 5.74) is 11.6. The maximum absolute atomic E-state index is 6.53. The summed E-state index contributed by atoms with van der Waals surface area (Å²) in [6.45, 7) is 0. The van der Waals surface area contributed by atoms with Gasteiger partial charge in [-0.05, 0) is 107 Å². The molecule has 0 amide bonds. The van der Waals surface area contributed by atoms with Crippen LogP contribution in [0, 0.1) is 0 Å². The fraction of sp³-hybridized carbons (Fsp3) is 0. The van der Waals surface area contributed by atoms with Crippen molar-refractivity contribution in [2.75, 3.05) is 4.90 Å². The number of thiophene rings is 1. The molecule has 0 N–H and O–H groups in total. The van der Waals surface area contributed by atoms with E-state index in [1.54, 1.807) is 0 Å². The monoisotopic (exact) mass is 733 g/mol. The Morgan fingerprint density at radius 3 is 1.88 bits per heavy atom. The third kappa shape index (κ3) is 4.83. The van der Waals surface area contributed by atoms with Gasteiger partial charge in [0.15, 0.2) is 0 Å². The highest BCUT2D eigenvalue weighted by atomic mass is 32.1. The van der Waals surface area contributed by atoms with Crippen molar-refractivity contribution >= 4 is 103 Å². The maximum Gasteiger partial charge on any atom is 0.143 e. The largest absolute Gasteiger partial charge is 0.456 e. The first-order valence-corrected chi connectivity index (χ1v) is 19.7. The minimum atomic E-state index is 0.899. The molecule has 12 aromatic rings. The lowest BCUT2D eigenvalue weighted by molar-refractivity contribution is 0.669. The van der Waals surface area contributed by atoms with E-state index in [-0.39, 0.29) is 0 Å². The standard InChI is InChI=1S/C52H31NO2S/c1-2-9-40-33(8-1)20-27-43-51-39(12-7-14-48(51)55-52(40)43)34-18-24-37(25-19-34)53(38-26-29-50-45(31-38)42-11-4-6-15-49(42)56-50)36-22-16-32(17-23-36)35-21-28-47-44(30-35)41-10-3-5-13-46(41)54-47/h1-31H. The van der Waals surface area contributed by atoms with Crippen LogP contribution in [0.2, 0.25) is 0 Å². The van der Waals surface area contributed by atoms with E-state index in [0.29, 0.717) is 0 Å². The molecule has 12 rings (SSSR count). The van der Waals surface area contributed by atoms with Crippen molar-refractivity contribution in [3.8, 4) is 22.3 Å². The molecule has 3 nitrogen and oxygen atoms in total. The van der Waals surface area contributed by atoms with Gasteiger partial charge in [-0.3, -0.25) is 0 Å². The minimum Gasteiger partial charge on any atom is -0.456 e. The first-order chi connectivity index (χ1) is 27.7. The van der Waals surface area contributed by atoms with Gasteiger partial charge in [-0.2, -0.15) is 0 Å². The second-order valence-corrected chi connectivity index (χ2v) is 15.5. The Hall–Kier alpha value is -7.14. The summed E-state index contributed by atoms with van der Waals surface area (Å²) < 4.78 is 15.2. The van der Waals surface area contributed by atoms with Crippen LogP contribution in [0.1, 0.15) is 0 Å². The lowest BCUT2D eigenvalue weighted by atomic mass is 9.98. The van der Waals surface area contributed by atoms with E-state index in [1.807, 2.05) is 23.5 Å². The van der Waals surface area contributed by atoms with E-state index in [2.05, 4.69) is 181 Å². The number of benzene rings is 9. The summed E-state index contributed by atoms with van der Waals surface area (Å²) in [4.78, 5) is 2.37. The molecule has 0 aliphatic carbocycles. The summed E-state index contributed by atoms with van der Waals surface area (Å²) in [6, 6.07) is 67.4. The lowest BCUT2D eigenvalue weighted by Gasteiger charge is -2.26. The molecule has 0 fully saturated rings. The van der Waals surface area contributed by atoms with Gasteiger partial charge >= 0.3 is 0 Å². The predicted octanol–water partition coefficient (Wildman–Crippen LogP) is 15.8. The Balaban J connectivity index is 0.978. The molecule has 0 saturated carbocycles. The third-order valence-electron chi connectivity index (χ3n) is 11.3. The van der Waals surface area contributed by atoms with Crippen LogP contribution in [0.5, 0.6) is 0 Å². The van der Waals surface area contributed by atoms with E-state index < -0.39 is 0 Å². The van der Waals surface area contributed by atoms with Crippen LogP contribution in [0.15, 0.2) is 197 Å². The van der Waals surface area contributed by atoms with Crippen molar-refractivity contribution in [2.24, 2.45) is 0 Å². The Morgan fingerprint density at radius 1 is 0.357 bits per heavy atom. The van der Waals surface area contributed by atoms with E-state index in [9.17, 15) is 0 Å². The van der Waals surface area contributed by atoms with Crippen molar-refractivity contribution in [1.82, 2.24) is 0 Å². The van der Waals surface area contributed by atoms with E-state index in [4.69, 9.17) is 8.83 Å². The fourth-order valence-electron chi connectivity index (χ4n) is 8.59. The van der Waals surface area contributed by atoms with Gasteiger partial charge in [0, 0.05) is 64.2 Å². The van der Waals surface area contributed by atoms with Crippen molar-refractivity contribution in [3.63, 3.8) is 0 Å². The van der Waals surface area contributed by atoms with E-state index >= 15 is 0 Å². The van der Waals surface area contributed by atoms with Crippen LogP contribution in [0.4, 0.5) is 17.1 Å². The summed E-state index contributed by atoms with van der Waals surface area (Å²) in [6.07, 6.45) is 0. The van der Waals surface area contributed by atoms with Crippen molar-refractivity contribution in [2.45, 2.75) is 0 Å². The average molecular weight is 734 g/mol. The molecule has 9 aromatic carbocycles. The number of anilines is 3. The Labute approximate surface area is 325 Å². The SMILES string of the molecule is c1ccc2c(c1)ccc1c2oc2cccc(-c3ccc(N(c4ccc(-c5ccc6oc7ccccc7c6c5)cc4)c4ccc5sc6ccccc6c5c4)cc3)c21. The van der Waals surface area contributed by atoms with Crippen LogP contribution >= 0.6 is 11.3 Å². The Bertz CT molecular complexity index is 3480. The minimum absolute atomic E-state index is 0.899. The molecule has 262 valence electrons. The summed E-state index contributed by atoms with van der Waals surface area (Å²) in [5.74, 6) is 0. The molecule has 0 spiro atoms. The van der Waals surface area contributed by atoms with Gasteiger partial charge in [0.2, 0.25) is 0 Å². The van der Waals surface area contributed by atoms with Crippen LogP contribution in [0.25, 0.3) is 97.1 Å². The zero-order chi connectivity index (χ0) is 36.7. The predicted molar refractivity (Wildman–Crippen MR) is 237 cm³/mol. The van der Waals surface area contributed by atoms with Gasteiger partial charge in [0.05, 0.1) is 0 Å². The normalized spacial score (nSPS) is 11.9. The van der Waals surface area contributed by atoms with Crippen LogP contribution in [-0.2, 0) is 0 Å². The quantitative estimate of drug-likeness (QED) is 0.176. The Kier molecular flexibility index (Phi) is 6.80. The highest BCUT2D eigenvalue weighted by Gasteiger charge is 2.18. The van der Waals surface area contributed by atoms with Crippen LogP contribution in [0.3, 0.4) is 0 Å². The second-order valence-electron chi connectivity index (χ2n) is 14.5. The summed E-state index contributed by atoms with van der Waals surface area (Å²) in [5, 5.41) is 9.42. The molecular weight excluding hydrogens is 703 g/mol. The molecule has 0 aliphatic rings. The fourth-order valence-corrected chi connectivity index (χ4v) is 9.68. The van der Waals surface area contributed by atoms with Crippen LogP contribution < -0.4 is 4.90 Å². The first kappa shape index (κ1) is 31.2. The molecule has 0 unspecified atom stereocenters. The maximum atomic E-state index is 6.53. The summed E-state index contributed by atoms with van der Waals surface area (Å²) >= 11 is 1.84. The van der Waals surface area contributed by atoms with Gasteiger partial charge < -0.3 is 13.7 Å². The zero-order valence-electron chi connectivity index (χ0n) is 30.1. The smallest absolute Gasteiger partial charge is 0.143 e. The van der Waals surface area contributed by atoms with Gasteiger partial charge in [0.1, 0.15) is 22.3 Å². The van der Waals surface area contributed by atoms with Crippen molar-refractivity contribution in [1.29, 1.82) is 0 Å². The number of fused-ring (bicyclic) bond motifs is 11. The molecule has 0 aliphatic heterocycles. The van der Waals surface area contributed by atoms with E-state index in [0.717, 1.165) is 88.6 Å². The van der Waals surface area contributed by atoms with Gasteiger partial charge in [-0.25, -0.2) is 0 Å². The highest BCUT2D eigenvalue weighted by molar-refractivity contribution is 7.25. The topological polar surface area (TPSA) is 29.5 Å². The lowest BCUT2D eigenvalue weighted by Crippen LogP contribution is -2.09. The summed E-state index contributed by atoms with van der Waals surface area (Å²) in [7, 11) is 0. The van der Waals surface area contributed by atoms with Gasteiger partial charge in [-0.1, -0.05) is 109 Å². The first-order valence-electron chi connectivity index (χ1n) is 18.9. The van der Waals surface area contributed by atoms with Gasteiger partial charge in [-0.15, -0.1) is 11.3 Å². The third-order valence-corrected chi connectivity index (χ3v) is 12.4. The number of nitrogens with zero attached hydrogens (tertiary/aromatic N) is 1. The Morgan fingerprint density at radius 2 is 1.02 bits per heavy atom. The zero-order valence-corrected chi connectivity index (χ0v) is 30.9. The second kappa shape index (κ2) is 12.2. The highest BCUT2D eigenvalue weighted by Crippen LogP contribution is 2.44. The molecule has 0 saturated heterocycles. The number of rotatable bonds is 5. The number of furan rings is 2. The molecule has 56 heavy (non-hydrogen) atoms. The molecule has 4 heteroatoms. The number of hydrogen-bond donors (Lipinski definition) is 0.